The summed E-state index contributed by atoms with van der Waals surface area (Å²) in [6.45, 7) is 1.30. The Hall–Kier alpha value is -3.85. The van der Waals surface area contributed by atoms with Crippen LogP contribution in [0.1, 0.15) is 48.8 Å². The van der Waals surface area contributed by atoms with Crippen molar-refractivity contribution in [1.82, 2.24) is 10.2 Å². The van der Waals surface area contributed by atoms with Crippen LogP contribution < -0.4 is 9.62 Å². The maximum Gasteiger partial charge on any atom is 0.264 e. The molecule has 0 aromatic heterocycles. The van der Waals surface area contributed by atoms with Crippen LogP contribution in [0.15, 0.2) is 108 Å². The summed E-state index contributed by atoms with van der Waals surface area (Å²) in [7, 11) is -4.17. The van der Waals surface area contributed by atoms with E-state index in [1.54, 1.807) is 54.6 Å². The van der Waals surface area contributed by atoms with Gasteiger partial charge in [-0.3, -0.25) is 13.9 Å². The first-order valence-corrected chi connectivity index (χ1v) is 18.0. The standard InChI is InChI=1S/C37H39Cl2N3O4S/c1-27-12-11-17-32(22-27)42(47(45,46)33-18-9-4-10-19-33)26-36(43)41(25-29-20-21-30(38)24-34(29)39)35(23-28-13-5-2-6-14-28)37(44)40-31-15-7-3-8-16-31/h2,4-6,9-14,17-22,24,31,35H,3,7-8,15-16,23,25-26H2,1H3,(H,40,44)/t35-/m1/s1. The van der Waals surface area contributed by atoms with E-state index in [1.165, 1.54) is 17.0 Å². The molecule has 0 spiro atoms. The fourth-order valence-electron chi connectivity index (χ4n) is 5.96. The highest BCUT2D eigenvalue weighted by Gasteiger charge is 2.35. The number of carbonyl (C=O) groups is 2. The second kappa shape index (κ2) is 15.8. The summed E-state index contributed by atoms with van der Waals surface area (Å²) >= 11 is 12.8. The van der Waals surface area contributed by atoms with E-state index in [0.29, 0.717) is 21.3 Å². The molecule has 5 rings (SSSR count). The van der Waals surface area contributed by atoms with Gasteiger partial charge in [0.1, 0.15) is 12.6 Å². The Kier molecular flexibility index (Phi) is 11.6. The van der Waals surface area contributed by atoms with Gasteiger partial charge in [-0.2, -0.15) is 0 Å². The van der Waals surface area contributed by atoms with Crippen molar-refractivity contribution in [2.45, 2.75) is 69.0 Å². The molecule has 10 heteroatoms. The van der Waals surface area contributed by atoms with Crippen LogP contribution in [0.5, 0.6) is 0 Å². The molecular weight excluding hydrogens is 653 g/mol. The average Bonchev–Trinajstić information content (AvgIpc) is 3.07. The number of aryl methyl sites for hydroxylation is 1. The maximum atomic E-state index is 14.7. The summed E-state index contributed by atoms with van der Waals surface area (Å²) < 4.78 is 29.4. The van der Waals surface area contributed by atoms with E-state index in [1.807, 2.05) is 43.3 Å². The van der Waals surface area contributed by atoms with E-state index in [0.717, 1.165) is 47.5 Å². The molecule has 1 fully saturated rings. The van der Waals surface area contributed by atoms with Gasteiger partial charge < -0.3 is 10.2 Å². The van der Waals surface area contributed by atoms with Gasteiger partial charge in [0.05, 0.1) is 10.6 Å². The molecule has 0 heterocycles. The topological polar surface area (TPSA) is 86.8 Å². The third kappa shape index (κ3) is 8.95. The molecule has 4 aromatic carbocycles. The van der Waals surface area contributed by atoms with Crippen molar-refractivity contribution in [3.05, 3.63) is 130 Å². The van der Waals surface area contributed by atoms with Crippen molar-refractivity contribution < 1.29 is 18.0 Å². The van der Waals surface area contributed by atoms with Crippen LogP contribution in [0, 0.1) is 6.92 Å². The fourth-order valence-corrected chi connectivity index (χ4v) is 7.86. The Morgan fingerprint density at radius 3 is 2.19 bits per heavy atom. The molecule has 0 radical (unpaired) electrons. The van der Waals surface area contributed by atoms with Gasteiger partial charge >= 0.3 is 0 Å². The normalized spacial score (nSPS) is 14.3. The van der Waals surface area contributed by atoms with Crippen molar-refractivity contribution in [1.29, 1.82) is 0 Å². The molecule has 1 N–H and O–H groups in total. The summed E-state index contributed by atoms with van der Waals surface area (Å²) in [6, 6.07) is 28.6. The lowest BCUT2D eigenvalue weighted by atomic mass is 9.94. The van der Waals surface area contributed by atoms with Crippen LogP contribution in [0.25, 0.3) is 0 Å². The summed E-state index contributed by atoms with van der Waals surface area (Å²) in [5.41, 5.74) is 2.63. The summed E-state index contributed by atoms with van der Waals surface area (Å²) in [5.74, 6) is -0.830. The fraction of sp³-hybridized carbons (Fsp3) is 0.297. The number of hydrogen-bond donors (Lipinski definition) is 1. The molecule has 0 unspecified atom stereocenters. The van der Waals surface area contributed by atoms with Crippen molar-refractivity contribution in [2.75, 3.05) is 10.8 Å². The van der Waals surface area contributed by atoms with Gasteiger partial charge in [-0.25, -0.2) is 8.42 Å². The zero-order valence-electron chi connectivity index (χ0n) is 26.3. The number of anilines is 1. The first-order valence-electron chi connectivity index (χ1n) is 15.8. The third-order valence-electron chi connectivity index (χ3n) is 8.48. The Morgan fingerprint density at radius 2 is 1.53 bits per heavy atom. The van der Waals surface area contributed by atoms with Gasteiger partial charge in [0.2, 0.25) is 11.8 Å². The molecule has 246 valence electrons. The largest absolute Gasteiger partial charge is 0.352 e. The molecule has 0 aliphatic heterocycles. The van der Waals surface area contributed by atoms with Crippen LogP contribution in [-0.2, 0) is 32.6 Å². The minimum Gasteiger partial charge on any atom is -0.352 e. The number of sulfonamides is 1. The molecule has 1 atom stereocenters. The minimum absolute atomic E-state index is 0.00726. The van der Waals surface area contributed by atoms with E-state index in [4.69, 9.17) is 23.2 Å². The lowest BCUT2D eigenvalue weighted by Gasteiger charge is -2.35. The molecule has 47 heavy (non-hydrogen) atoms. The monoisotopic (exact) mass is 691 g/mol. The maximum absolute atomic E-state index is 14.7. The number of amides is 2. The molecule has 0 bridgehead atoms. The Labute approximate surface area is 287 Å². The number of halogens is 2. The highest BCUT2D eigenvalue weighted by molar-refractivity contribution is 7.92. The second-order valence-corrected chi connectivity index (χ2v) is 14.7. The number of rotatable bonds is 12. The first kappa shape index (κ1) is 34.5. The summed E-state index contributed by atoms with van der Waals surface area (Å²) in [6.07, 6.45) is 5.16. The smallest absolute Gasteiger partial charge is 0.264 e. The number of benzene rings is 4. The molecule has 1 aliphatic rings. The summed E-state index contributed by atoms with van der Waals surface area (Å²) in [5, 5.41) is 3.99. The zero-order valence-corrected chi connectivity index (χ0v) is 28.6. The minimum atomic E-state index is -4.17. The lowest BCUT2D eigenvalue weighted by Crippen LogP contribution is -2.55. The SMILES string of the molecule is Cc1cccc(N(CC(=O)N(Cc2ccc(Cl)cc2Cl)[C@H](Cc2ccccc2)C(=O)NC2CCCCC2)S(=O)(=O)c2ccccc2)c1. The highest BCUT2D eigenvalue weighted by atomic mass is 35.5. The number of nitrogens with one attached hydrogen (secondary N) is 1. The summed E-state index contributed by atoms with van der Waals surface area (Å²) in [4.78, 5) is 30.4. The van der Waals surface area contributed by atoms with E-state index >= 15 is 0 Å². The van der Waals surface area contributed by atoms with Crippen LogP contribution >= 0.6 is 23.2 Å². The molecule has 7 nitrogen and oxygen atoms in total. The molecule has 4 aromatic rings. The van der Waals surface area contributed by atoms with Gasteiger partial charge in [0.15, 0.2) is 0 Å². The lowest BCUT2D eigenvalue weighted by molar-refractivity contribution is -0.140. The van der Waals surface area contributed by atoms with E-state index in [2.05, 4.69) is 5.32 Å². The zero-order chi connectivity index (χ0) is 33.4. The van der Waals surface area contributed by atoms with Gasteiger partial charge in [-0.1, -0.05) is 109 Å². The van der Waals surface area contributed by atoms with E-state index in [-0.39, 0.29) is 29.8 Å². The van der Waals surface area contributed by atoms with Crippen LogP contribution in [-0.4, -0.2) is 43.8 Å². The van der Waals surface area contributed by atoms with Crippen molar-refractivity contribution >= 4 is 50.7 Å². The Morgan fingerprint density at radius 1 is 0.851 bits per heavy atom. The van der Waals surface area contributed by atoms with Crippen molar-refractivity contribution in [3.63, 3.8) is 0 Å². The number of hydrogen-bond acceptors (Lipinski definition) is 4. The quantitative estimate of drug-likeness (QED) is 0.166. The first-order chi connectivity index (χ1) is 22.6. The highest BCUT2D eigenvalue weighted by Crippen LogP contribution is 2.28. The van der Waals surface area contributed by atoms with Crippen molar-refractivity contribution in [2.24, 2.45) is 0 Å². The van der Waals surface area contributed by atoms with Gasteiger partial charge in [-0.15, -0.1) is 0 Å². The predicted octanol–water partition coefficient (Wildman–Crippen LogP) is 7.59. The molecular formula is C37H39Cl2N3O4S. The van der Waals surface area contributed by atoms with Gasteiger partial charge in [-0.05, 0) is 72.9 Å². The van der Waals surface area contributed by atoms with Crippen LogP contribution in [0.3, 0.4) is 0 Å². The second-order valence-electron chi connectivity index (χ2n) is 12.0. The molecule has 1 aliphatic carbocycles. The van der Waals surface area contributed by atoms with E-state index < -0.39 is 28.5 Å². The molecule has 1 saturated carbocycles. The Balaban J connectivity index is 1.58. The van der Waals surface area contributed by atoms with Crippen LogP contribution in [0.2, 0.25) is 10.0 Å². The Bertz CT molecular complexity index is 1780. The predicted molar refractivity (Wildman–Crippen MR) is 188 cm³/mol. The van der Waals surface area contributed by atoms with Gasteiger partial charge in [0, 0.05) is 29.1 Å². The van der Waals surface area contributed by atoms with Crippen molar-refractivity contribution in [3.8, 4) is 0 Å². The van der Waals surface area contributed by atoms with Crippen LogP contribution in [0.4, 0.5) is 5.69 Å². The van der Waals surface area contributed by atoms with Gasteiger partial charge in [0.25, 0.3) is 10.0 Å². The molecule has 2 amide bonds. The number of carbonyl (C=O) groups excluding carboxylic acids is 2. The number of nitrogens with zero attached hydrogens (tertiary/aromatic N) is 2. The van der Waals surface area contributed by atoms with E-state index in [9.17, 15) is 18.0 Å². The third-order valence-corrected chi connectivity index (χ3v) is 10.9. The average molecular weight is 693 g/mol. The molecule has 0 saturated heterocycles.